The molecule has 1 aromatic heterocycles. The van der Waals surface area contributed by atoms with Crippen molar-refractivity contribution in [2.24, 2.45) is 0 Å². The highest BCUT2D eigenvalue weighted by Gasteiger charge is 2.34. The zero-order valence-corrected chi connectivity index (χ0v) is 11.2. The maximum atomic E-state index is 12.5. The molecule has 2 unspecified atom stereocenters. The van der Waals surface area contributed by atoms with Gasteiger partial charge in [-0.3, -0.25) is 14.3 Å². The Kier molecular flexibility index (Phi) is 4.16. The highest BCUT2D eigenvalue weighted by molar-refractivity contribution is 5.89. The SMILES string of the molecule is CNC(=O)C1CNCCN1C(=O)C(C)n1cccn1. The third-order valence-electron chi connectivity index (χ3n) is 3.35. The van der Waals surface area contributed by atoms with Crippen molar-refractivity contribution in [3.8, 4) is 0 Å². The van der Waals surface area contributed by atoms with Crippen molar-refractivity contribution in [3.63, 3.8) is 0 Å². The molecule has 0 bridgehead atoms. The summed E-state index contributed by atoms with van der Waals surface area (Å²) < 4.78 is 1.60. The lowest BCUT2D eigenvalue weighted by Crippen LogP contribution is -2.60. The van der Waals surface area contributed by atoms with Crippen LogP contribution in [0.4, 0.5) is 0 Å². The molecule has 1 fully saturated rings. The maximum Gasteiger partial charge on any atom is 0.247 e. The van der Waals surface area contributed by atoms with Gasteiger partial charge in [0.25, 0.3) is 0 Å². The number of hydrogen-bond donors (Lipinski definition) is 2. The Morgan fingerprint density at radius 1 is 1.53 bits per heavy atom. The summed E-state index contributed by atoms with van der Waals surface area (Å²) in [4.78, 5) is 25.9. The molecule has 104 valence electrons. The number of amides is 2. The number of likely N-dealkylation sites (N-methyl/N-ethyl adjacent to an activating group) is 1. The predicted molar refractivity (Wildman–Crippen MR) is 69.4 cm³/mol. The topological polar surface area (TPSA) is 79.3 Å². The van der Waals surface area contributed by atoms with Crippen molar-refractivity contribution in [1.29, 1.82) is 0 Å². The van der Waals surface area contributed by atoms with E-state index in [2.05, 4.69) is 15.7 Å². The van der Waals surface area contributed by atoms with Gasteiger partial charge in [0.1, 0.15) is 12.1 Å². The number of aromatic nitrogens is 2. The van der Waals surface area contributed by atoms with E-state index in [1.807, 2.05) is 0 Å². The monoisotopic (exact) mass is 265 g/mol. The summed E-state index contributed by atoms with van der Waals surface area (Å²) >= 11 is 0. The summed E-state index contributed by atoms with van der Waals surface area (Å²) in [6.45, 7) is 3.50. The Morgan fingerprint density at radius 2 is 2.32 bits per heavy atom. The van der Waals surface area contributed by atoms with E-state index in [9.17, 15) is 9.59 Å². The van der Waals surface area contributed by atoms with Crippen LogP contribution in [0.5, 0.6) is 0 Å². The molecule has 19 heavy (non-hydrogen) atoms. The third-order valence-corrected chi connectivity index (χ3v) is 3.35. The lowest BCUT2D eigenvalue weighted by atomic mass is 10.1. The van der Waals surface area contributed by atoms with Crippen molar-refractivity contribution in [2.45, 2.75) is 19.0 Å². The normalized spacial score (nSPS) is 20.9. The van der Waals surface area contributed by atoms with Crippen molar-refractivity contribution in [2.75, 3.05) is 26.7 Å². The largest absolute Gasteiger partial charge is 0.357 e. The number of piperazine rings is 1. The first-order chi connectivity index (χ1) is 9.15. The van der Waals surface area contributed by atoms with Crippen LogP contribution in [0, 0.1) is 0 Å². The number of hydrogen-bond acceptors (Lipinski definition) is 4. The smallest absolute Gasteiger partial charge is 0.247 e. The molecule has 2 rings (SSSR count). The summed E-state index contributed by atoms with van der Waals surface area (Å²) in [7, 11) is 1.58. The van der Waals surface area contributed by atoms with E-state index >= 15 is 0 Å². The summed E-state index contributed by atoms with van der Waals surface area (Å²) in [5.74, 6) is -0.230. The van der Waals surface area contributed by atoms with Crippen molar-refractivity contribution >= 4 is 11.8 Å². The van der Waals surface area contributed by atoms with Gasteiger partial charge in [-0.1, -0.05) is 0 Å². The van der Waals surface area contributed by atoms with Crippen LogP contribution in [0.25, 0.3) is 0 Å². The highest BCUT2D eigenvalue weighted by Crippen LogP contribution is 2.13. The van der Waals surface area contributed by atoms with Crippen LogP contribution >= 0.6 is 0 Å². The average molecular weight is 265 g/mol. The van der Waals surface area contributed by atoms with Gasteiger partial charge >= 0.3 is 0 Å². The molecule has 0 aliphatic carbocycles. The van der Waals surface area contributed by atoms with Crippen molar-refractivity contribution < 1.29 is 9.59 Å². The van der Waals surface area contributed by atoms with Crippen molar-refractivity contribution in [1.82, 2.24) is 25.3 Å². The molecule has 1 aromatic rings. The molecule has 2 heterocycles. The molecule has 7 heteroatoms. The number of rotatable bonds is 3. The molecular weight excluding hydrogens is 246 g/mol. The van der Waals surface area contributed by atoms with E-state index in [1.54, 1.807) is 42.0 Å². The van der Waals surface area contributed by atoms with Gasteiger partial charge in [0.15, 0.2) is 0 Å². The minimum Gasteiger partial charge on any atom is -0.357 e. The minimum atomic E-state index is -0.454. The predicted octanol–water partition coefficient (Wildman–Crippen LogP) is -1.01. The number of carbonyl (C=O) groups excluding carboxylic acids is 2. The number of nitrogens with one attached hydrogen (secondary N) is 2. The fourth-order valence-corrected chi connectivity index (χ4v) is 2.23. The van der Waals surface area contributed by atoms with E-state index in [0.29, 0.717) is 19.6 Å². The summed E-state index contributed by atoms with van der Waals surface area (Å²) in [5.41, 5.74) is 0. The van der Waals surface area contributed by atoms with Gasteiger partial charge in [0.2, 0.25) is 11.8 Å². The molecule has 1 aliphatic rings. The Labute approximate surface area is 111 Å². The van der Waals surface area contributed by atoms with Crippen LogP contribution in [-0.2, 0) is 9.59 Å². The van der Waals surface area contributed by atoms with Crippen molar-refractivity contribution in [3.05, 3.63) is 18.5 Å². The molecule has 2 atom stereocenters. The van der Waals surface area contributed by atoms with E-state index in [0.717, 1.165) is 0 Å². The molecule has 2 amide bonds. The minimum absolute atomic E-state index is 0.0844. The zero-order chi connectivity index (χ0) is 13.8. The Balaban J connectivity index is 2.13. The second-order valence-corrected chi connectivity index (χ2v) is 4.53. The van der Waals surface area contributed by atoms with Gasteiger partial charge in [-0.25, -0.2) is 0 Å². The summed E-state index contributed by atoms with van der Waals surface area (Å²) in [6.07, 6.45) is 3.39. The highest BCUT2D eigenvalue weighted by atomic mass is 16.2. The van der Waals surface area contributed by atoms with Gasteiger partial charge in [-0.2, -0.15) is 5.10 Å². The van der Waals surface area contributed by atoms with E-state index in [1.165, 1.54) is 0 Å². The zero-order valence-electron chi connectivity index (χ0n) is 11.2. The molecule has 0 aromatic carbocycles. The molecule has 2 N–H and O–H groups in total. The van der Waals surface area contributed by atoms with Gasteiger partial charge in [-0.05, 0) is 13.0 Å². The van der Waals surface area contributed by atoms with Gasteiger partial charge in [0.05, 0.1) is 0 Å². The Morgan fingerprint density at radius 3 is 2.95 bits per heavy atom. The molecule has 0 radical (unpaired) electrons. The first kappa shape index (κ1) is 13.5. The van der Waals surface area contributed by atoms with Crippen LogP contribution in [0.1, 0.15) is 13.0 Å². The van der Waals surface area contributed by atoms with Crippen LogP contribution in [0.3, 0.4) is 0 Å². The molecule has 0 saturated carbocycles. The van der Waals surface area contributed by atoms with Crippen LogP contribution in [0.2, 0.25) is 0 Å². The molecule has 0 spiro atoms. The lowest BCUT2D eigenvalue weighted by molar-refractivity contribution is -0.143. The standard InChI is InChI=1S/C12H19N5O2/c1-9(17-6-3-4-15-17)12(19)16-7-5-14-8-10(16)11(18)13-2/h3-4,6,9-10,14H,5,7-8H2,1-2H3,(H,13,18). The third kappa shape index (κ3) is 2.76. The second-order valence-electron chi connectivity index (χ2n) is 4.53. The lowest BCUT2D eigenvalue weighted by Gasteiger charge is -2.36. The summed E-state index contributed by atoms with van der Waals surface area (Å²) in [5, 5.41) is 9.80. The fraction of sp³-hybridized carbons (Fsp3) is 0.583. The number of carbonyl (C=O) groups is 2. The maximum absolute atomic E-state index is 12.5. The van der Waals surface area contributed by atoms with Crippen LogP contribution in [0.15, 0.2) is 18.5 Å². The molecule has 1 saturated heterocycles. The first-order valence-corrected chi connectivity index (χ1v) is 6.37. The quantitative estimate of drug-likeness (QED) is 0.734. The van der Waals surface area contributed by atoms with E-state index in [4.69, 9.17) is 0 Å². The van der Waals surface area contributed by atoms with Gasteiger partial charge in [-0.15, -0.1) is 0 Å². The summed E-state index contributed by atoms with van der Waals surface area (Å²) in [6, 6.07) is 0.919. The Hall–Kier alpha value is -1.89. The van der Waals surface area contributed by atoms with Crippen LogP contribution in [-0.4, -0.2) is 59.2 Å². The average Bonchev–Trinajstić information content (AvgIpc) is 2.99. The van der Waals surface area contributed by atoms with Gasteiger partial charge in [0, 0.05) is 39.1 Å². The van der Waals surface area contributed by atoms with E-state index in [-0.39, 0.29) is 11.8 Å². The fourth-order valence-electron chi connectivity index (χ4n) is 2.23. The Bertz CT molecular complexity index is 445. The second kappa shape index (κ2) is 5.83. The molecule has 7 nitrogen and oxygen atoms in total. The first-order valence-electron chi connectivity index (χ1n) is 6.37. The molecular formula is C12H19N5O2. The van der Waals surface area contributed by atoms with Gasteiger partial charge < -0.3 is 15.5 Å². The van der Waals surface area contributed by atoms with E-state index < -0.39 is 12.1 Å². The number of nitrogens with zero attached hydrogens (tertiary/aromatic N) is 3. The molecule has 1 aliphatic heterocycles. The van der Waals surface area contributed by atoms with Crippen LogP contribution < -0.4 is 10.6 Å².